The van der Waals surface area contributed by atoms with Gasteiger partial charge in [0.2, 0.25) is 0 Å². The average Bonchev–Trinajstić information content (AvgIpc) is 2.44. The maximum Gasteiger partial charge on any atom is 0.415 e. The first-order valence-electron chi connectivity index (χ1n) is 7.55. The number of methoxy groups -OCH3 is 1. The maximum atomic E-state index is 12.4. The van der Waals surface area contributed by atoms with Crippen molar-refractivity contribution in [1.82, 2.24) is 10.2 Å². The molecule has 1 N–H and O–H groups in total. The second-order valence-corrected chi connectivity index (χ2v) is 6.50. The van der Waals surface area contributed by atoms with Gasteiger partial charge in [-0.2, -0.15) is 0 Å². The Morgan fingerprint density at radius 2 is 2.14 bits per heavy atom. The van der Waals surface area contributed by atoms with Crippen LogP contribution in [0.4, 0.5) is 4.79 Å². The van der Waals surface area contributed by atoms with Gasteiger partial charge in [0, 0.05) is 6.54 Å². The predicted molar refractivity (Wildman–Crippen MR) is 81.9 cm³/mol. The normalized spacial score (nSPS) is 21.1. The van der Waals surface area contributed by atoms with E-state index in [1.807, 2.05) is 32.9 Å². The van der Waals surface area contributed by atoms with Crippen LogP contribution >= 0.6 is 0 Å². The molecule has 0 fully saturated rings. The van der Waals surface area contributed by atoms with Crippen molar-refractivity contribution < 1.29 is 19.1 Å². The van der Waals surface area contributed by atoms with Gasteiger partial charge in [0.1, 0.15) is 11.4 Å². The molecular weight excluding hydrogens is 284 g/mol. The van der Waals surface area contributed by atoms with Gasteiger partial charge >= 0.3 is 12.1 Å². The van der Waals surface area contributed by atoms with Crippen LogP contribution in [0.2, 0.25) is 0 Å². The summed E-state index contributed by atoms with van der Waals surface area (Å²) >= 11 is 0. The van der Waals surface area contributed by atoms with Crippen molar-refractivity contribution in [3.05, 3.63) is 23.5 Å². The zero-order chi connectivity index (χ0) is 16.3. The molecule has 0 aromatic heterocycles. The Morgan fingerprint density at radius 3 is 2.77 bits per heavy atom. The maximum absolute atomic E-state index is 12.4. The summed E-state index contributed by atoms with van der Waals surface area (Å²) in [6.45, 7) is 6.15. The van der Waals surface area contributed by atoms with Crippen LogP contribution in [0.1, 0.15) is 40.0 Å². The molecule has 122 valence electrons. The highest BCUT2D eigenvalue weighted by Crippen LogP contribution is 2.27. The molecule has 2 heterocycles. The lowest BCUT2D eigenvalue weighted by Gasteiger charge is -2.36. The highest BCUT2D eigenvalue weighted by Gasteiger charge is 2.31. The van der Waals surface area contributed by atoms with Crippen LogP contribution in [0.25, 0.3) is 0 Å². The van der Waals surface area contributed by atoms with E-state index in [4.69, 9.17) is 9.47 Å². The Bertz CT molecular complexity index is 517. The van der Waals surface area contributed by atoms with Gasteiger partial charge in [-0.3, -0.25) is 9.69 Å². The molecule has 0 aromatic carbocycles. The molecule has 2 aliphatic heterocycles. The van der Waals surface area contributed by atoms with E-state index in [1.165, 1.54) is 7.11 Å². The molecule has 0 aromatic rings. The van der Waals surface area contributed by atoms with Gasteiger partial charge in [-0.15, -0.1) is 0 Å². The van der Waals surface area contributed by atoms with Gasteiger partial charge in [0.25, 0.3) is 0 Å². The largest absolute Gasteiger partial charge is 0.469 e. The number of allylic oxidation sites excluding steroid dienone is 2. The van der Waals surface area contributed by atoms with Crippen molar-refractivity contribution in [1.29, 1.82) is 0 Å². The van der Waals surface area contributed by atoms with Crippen molar-refractivity contribution in [2.75, 3.05) is 13.7 Å². The van der Waals surface area contributed by atoms with E-state index in [9.17, 15) is 9.59 Å². The van der Waals surface area contributed by atoms with E-state index in [2.05, 4.69) is 5.32 Å². The minimum absolute atomic E-state index is 0.172. The molecule has 2 rings (SSSR count). The van der Waals surface area contributed by atoms with Crippen LogP contribution in [0.5, 0.6) is 0 Å². The predicted octanol–water partition coefficient (Wildman–Crippen LogP) is 2.32. The summed E-state index contributed by atoms with van der Waals surface area (Å²) in [6.07, 6.45) is 5.59. The lowest BCUT2D eigenvalue weighted by Crippen LogP contribution is -2.47. The van der Waals surface area contributed by atoms with E-state index in [0.29, 0.717) is 6.54 Å². The van der Waals surface area contributed by atoms with E-state index in [-0.39, 0.29) is 24.5 Å². The summed E-state index contributed by atoms with van der Waals surface area (Å²) in [4.78, 5) is 25.4. The van der Waals surface area contributed by atoms with Crippen LogP contribution in [-0.2, 0) is 14.3 Å². The van der Waals surface area contributed by atoms with Gasteiger partial charge in [-0.25, -0.2) is 4.79 Å². The standard InChI is InChI=1S/C16H24N2O4/c1-16(2,3)22-15(20)18-9-5-6-11-7-8-12(17-14(11)18)10-13(19)21-4/h7-8,12,17H,5-6,9-10H2,1-4H3/t12-/m0/s1. The van der Waals surface area contributed by atoms with Gasteiger partial charge < -0.3 is 14.8 Å². The lowest BCUT2D eigenvalue weighted by molar-refractivity contribution is -0.140. The fourth-order valence-electron chi connectivity index (χ4n) is 2.50. The van der Waals surface area contributed by atoms with E-state index in [1.54, 1.807) is 4.90 Å². The summed E-state index contributed by atoms with van der Waals surface area (Å²) < 4.78 is 10.2. The molecule has 6 nitrogen and oxygen atoms in total. The third kappa shape index (κ3) is 4.02. The molecule has 0 unspecified atom stereocenters. The van der Waals surface area contributed by atoms with Crippen molar-refractivity contribution in [2.24, 2.45) is 0 Å². The molecule has 22 heavy (non-hydrogen) atoms. The summed E-state index contributed by atoms with van der Waals surface area (Å²) in [5.74, 6) is 0.461. The zero-order valence-corrected chi connectivity index (χ0v) is 13.6. The van der Waals surface area contributed by atoms with Crippen LogP contribution in [0, 0.1) is 0 Å². The summed E-state index contributed by atoms with van der Waals surface area (Å²) in [5.41, 5.74) is 0.531. The molecule has 1 amide bonds. The van der Waals surface area contributed by atoms with Crippen LogP contribution in [0.15, 0.2) is 23.5 Å². The van der Waals surface area contributed by atoms with Gasteiger partial charge in [-0.1, -0.05) is 12.2 Å². The number of hydrogen-bond acceptors (Lipinski definition) is 5. The van der Waals surface area contributed by atoms with Crippen LogP contribution in [0.3, 0.4) is 0 Å². The number of hydrogen-bond donors (Lipinski definition) is 1. The summed E-state index contributed by atoms with van der Waals surface area (Å²) in [7, 11) is 1.37. The topological polar surface area (TPSA) is 67.9 Å². The first-order valence-corrected chi connectivity index (χ1v) is 7.55. The monoisotopic (exact) mass is 308 g/mol. The number of dihydropyridines is 1. The number of carbonyl (C=O) groups is 2. The highest BCUT2D eigenvalue weighted by molar-refractivity contribution is 5.72. The third-order valence-corrected chi connectivity index (χ3v) is 3.48. The fraction of sp³-hybridized carbons (Fsp3) is 0.625. The van der Waals surface area contributed by atoms with Crippen LogP contribution < -0.4 is 5.32 Å². The molecule has 6 heteroatoms. The number of nitrogens with one attached hydrogen (secondary N) is 1. The zero-order valence-electron chi connectivity index (χ0n) is 13.6. The Kier molecular flexibility index (Phi) is 4.78. The van der Waals surface area contributed by atoms with Crippen molar-refractivity contribution in [3.63, 3.8) is 0 Å². The minimum atomic E-state index is -0.537. The number of rotatable bonds is 2. The molecular formula is C16H24N2O4. The first kappa shape index (κ1) is 16.4. The van der Waals surface area contributed by atoms with Crippen molar-refractivity contribution >= 4 is 12.1 Å². The number of nitrogens with zero attached hydrogens (tertiary/aromatic N) is 1. The average molecular weight is 308 g/mol. The van der Waals surface area contributed by atoms with Gasteiger partial charge in [-0.05, 0) is 39.2 Å². The van der Waals surface area contributed by atoms with E-state index < -0.39 is 5.60 Å². The molecule has 2 aliphatic rings. The second kappa shape index (κ2) is 6.42. The summed E-state index contributed by atoms with van der Waals surface area (Å²) in [6, 6.07) is -0.172. The molecule has 0 radical (unpaired) electrons. The minimum Gasteiger partial charge on any atom is -0.469 e. The molecule has 1 atom stereocenters. The number of carbonyl (C=O) groups excluding carboxylic acids is 2. The molecule has 0 spiro atoms. The van der Waals surface area contributed by atoms with Crippen molar-refractivity contribution in [3.8, 4) is 0 Å². The molecule has 0 saturated heterocycles. The number of amides is 1. The quantitative estimate of drug-likeness (QED) is 0.793. The number of ether oxygens (including phenoxy) is 2. The van der Waals surface area contributed by atoms with E-state index in [0.717, 1.165) is 24.2 Å². The third-order valence-electron chi connectivity index (χ3n) is 3.48. The van der Waals surface area contributed by atoms with Crippen molar-refractivity contribution in [2.45, 2.75) is 51.7 Å². The Labute approximate surface area is 131 Å². The summed E-state index contributed by atoms with van der Waals surface area (Å²) in [5, 5.41) is 3.25. The second-order valence-electron chi connectivity index (χ2n) is 6.50. The molecule has 0 saturated carbocycles. The first-order chi connectivity index (χ1) is 10.3. The van der Waals surface area contributed by atoms with Gasteiger partial charge in [0.05, 0.1) is 19.6 Å². The Hall–Kier alpha value is -1.98. The van der Waals surface area contributed by atoms with Gasteiger partial charge in [0.15, 0.2) is 0 Å². The van der Waals surface area contributed by atoms with E-state index >= 15 is 0 Å². The Morgan fingerprint density at radius 1 is 1.41 bits per heavy atom. The lowest BCUT2D eigenvalue weighted by atomic mass is 9.99. The fourth-order valence-corrected chi connectivity index (χ4v) is 2.50. The number of esters is 1. The Balaban J connectivity index is 2.12. The molecule has 0 aliphatic carbocycles. The SMILES string of the molecule is COC(=O)C[C@@H]1C=CC2=C(N1)N(C(=O)OC(C)(C)C)CCC2. The van der Waals surface area contributed by atoms with Crippen LogP contribution in [-0.4, -0.2) is 42.3 Å². The highest BCUT2D eigenvalue weighted by atomic mass is 16.6. The smallest absolute Gasteiger partial charge is 0.415 e. The molecule has 0 bridgehead atoms.